The molecule has 0 saturated heterocycles. The fraction of sp³-hybridized carbons (Fsp3) is 0.0909. The molecule has 4 rings (SSSR count). The first kappa shape index (κ1) is 18.8. The number of nitriles is 1. The highest BCUT2D eigenvalue weighted by molar-refractivity contribution is 9.10. The van der Waals surface area contributed by atoms with Crippen LogP contribution in [0.25, 0.3) is 5.82 Å². The number of rotatable bonds is 5. The average Bonchev–Trinajstić information content (AvgIpc) is 3.18. The Balaban J connectivity index is 1.52. The predicted octanol–water partition coefficient (Wildman–Crippen LogP) is 3.70. The fourth-order valence-electron chi connectivity index (χ4n) is 3.03. The van der Waals surface area contributed by atoms with Gasteiger partial charge in [0.25, 0.3) is 5.56 Å². The molecule has 29 heavy (non-hydrogen) atoms. The Kier molecular flexibility index (Phi) is 5.36. The van der Waals surface area contributed by atoms with E-state index in [9.17, 15) is 4.79 Å². The lowest BCUT2D eigenvalue weighted by Gasteiger charge is -2.10. The van der Waals surface area contributed by atoms with Gasteiger partial charge in [-0.25, -0.2) is 9.97 Å². The maximum Gasteiger partial charge on any atom is 0.270 e. The van der Waals surface area contributed by atoms with Gasteiger partial charge in [-0.05, 0) is 57.4 Å². The summed E-state index contributed by atoms with van der Waals surface area (Å²) in [5.41, 5.74) is 2.61. The number of aromatic nitrogens is 4. The van der Waals surface area contributed by atoms with Crippen LogP contribution in [-0.2, 0) is 13.0 Å². The van der Waals surface area contributed by atoms with E-state index in [1.54, 1.807) is 30.7 Å². The van der Waals surface area contributed by atoms with E-state index < -0.39 is 0 Å². The Hall–Kier alpha value is -3.50. The van der Waals surface area contributed by atoms with Crippen molar-refractivity contribution in [3.63, 3.8) is 0 Å². The predicted molar refractivity (Wildman–Crippen MR) is 113 cm³/mol. The summed E-state index contributed by atoms with van der Waals surface area (Å²) in [5.74, 6) is 1.51. The SMILES string of the molecule is N#Cc1ccc(Cc2nccn2Cc2ccc(-n3cccc(Br)c3=O)nc2)cc1. The van der Waals surface area contributed by atoms with Crippen molar-refractivity contribution in [3.8, 4) is 11.9 Å². The van der Waals surface area contributed by atoms with E-state index in [-0.39, 0.29) is 5.56 Å². The molecule has 0 aliphatic rings. The van der Waals surface area contributed by atoms with Crippen molar-refractivity contribution in [3.05, 3.63) is 111 Å². The summed E-state index contributed by atoms with van der Waals surface area (Å²) in [6, 6.07) is 17.0. The fourth-order valence-corrected chi connectivity index (χ4v) is 3.37. The van der Waals surface area contributed by atoms with Crippen LogP contribution >= 0.6 is 15.9 Å². The van der Waals surface area contributed by atoms with E-state index in [1.165, 1.54) is 4.57 Å². The highest BCUT2D eigenvalue weighted by atomic mass is 79.9. The Morgan fingerprint density at radius 2 is 1.79 bits per heavy atom. The molecule has 6 nitrogen and oxygen atoms in total. The Morgan fingerprint density at radius 3 is 2.52 bits per heavy atom. The van der Waals surface area contributed by atoms with Crippen molar-refractivity contribution in [2.45, 2.75) is 13.0 Å². The van der Waals surface area contributed by atoms with Crippen LogP contribution in [0.1, 0.15) is 22.5 Å². The van der Waals surface area contributed by atoms with Gasteiger partial charge in [0.1, 0.15) is 11.6 Å². The molecule has 4 aromatic rings. The first-order valence-corrected chi connectivity index (χ1v) is 9.75. The number of imidazole rings is 1. The van der Waals surface area contributed by atoms with Gasteiger partial charge in [0.05, 0.1) is 22.7 Å². The van der Waals surface area contributed by atoms with Crippen molar-refractivity contribution in [1.29, 1.82) is 5.26 Å². The lowest BCUT2D eigenvalue weighted by Crippen LogP contribution is -2.18. The Labute approximate surface area is 175 Å². The average molecular weight is 446 g/mol. The van der Waals surface area contributed by atoms with E-state index >= 15 is 0 Å². The van der Waals surface area contributed by atoms with Crippen LogP contribution in [0, 0.1) is 11.3 Å². The molecule has 0 aliphatic heterocycles. The van der Waals surface area contributed by atoms with Gasteiger partial charge in [0, 0.05) is 31.2 Å². The zero-order valence-corrected chi connectivity index (χ0v) is 17.0. The van der Waals surface area contributed by atoms with E-state index in [0.29, 0.717) is 28.8 Å². The minimum atomic E-state index is -0.146. The number of nitrogens with zero attached hydrogens (tertiary/aromatic N) is 5. The smallest absolute Gasteiger partial charge is 0.270 e. The molecule has 0 spiro atoms. The van der Waals surface area contributed by atoms with Crippen LogP contribution < -0.4 is 5.56 Å². The monoisotopic (exact) mass is 445 g/mol. The molecule has 142 valence electrons. The van der Waals surface area contributed by atoms with Gasteiger partial charge in [-0.1, -0.05) is 18.2 Å². The van der Waals surface area contributed by atoms with E-state index in [0.717, 1.165) is 17.0 Å². The quantitative estimate of drug-likeness (QED) is 0.469. The van der Waals surface area contributed by atoms with Gasteiger partial charge in [-0.3, -0.25) is 9.36 Å². The molecule has 1 aromatic carbocycles. The van der Waals surface area contributed by atoms with E-state index in [4.69, 9.17) is 5.26 Å². The van der Waals surface area contributed by atoms with Gasteiger partial charge in [-0.2, -0.15) is 5.26 Å². The van der Waals surface area contributed by atoms with Gasteiger partial charge in [-0.15, -0.1) is 0 Å². The molecule has 0 amide bonds. The molecule has 0 aliphatic carbocycles. The van der Waals surface area contributed by atoms with Crippen LogP contribution in [-0.4, -0.2) is 19.1 Å². The molecule has 0 bridgehead atoms. The maximum atomic E-state index is 12.2. The summed E-state index contributed by atoms with van der Waals surface area (Å²) < 4.78 is 4.07. The van der Waals surface area contributed by atoms with E-state index in [2.05, 4.69) is 36.5 Å². The lowest BCUT2D eigenvalue weighted by molar-refractivity contribution is 0.737. The Bertz CT molecular complexity index is 1230. The summed E-state index contributed by atoms with van der Waals surface area (Å²) in [4.78, 5) is 21.1. The third kappa shape index (κ3) is 4.18. The number of hydrogen-bond acceptors (Lipinski definition) is 4. The van der Waals surface area contributed by atoms with E-state index in [1.807, 2.05) is 42.6 Å². The summed E-state index contributed by atoms with van der Waals surface area (Å²) >= 11 is 3.25. The second-order valence-corrected chi connectivity index (χ2v) is 7.37. The third-order valence-electron chi connectivity index (χ3n) is 4.56. The molecule has 3 aromatic heterocycles. The highest BCUT2D eigenvalue weighted by Gasteiger charge is 2.07. The first-order valence-electron chi connectivity index (χ1n) is 8.95. The standard InChI is InChI=1S/C22H16BrN5O/c23-19-2-1-10-28(22(19)29)20-8-7-18(14-26-20)15-27-11-9-25-21(27)12-16-3-5-17(13-24)6-4-16/h1-11,14H,12,15H2. The highest BCUT2D eigenvalue weighted by Crippen LogP contribution is 2.13. The normalized spacial score (nSPS) is 10.6. The molecular formula is C22H16BrN5O. The molecule has 0 fully saturated rings. The molecule has 0 unspecified atom stereocenters. The van der Waals surface area contributed by atoms with Crippen LogP contribution in [0.5, 0.6) is 0 Å². The molecule has 0 atom stereocenters. The van der Waals surface area contributed by atoms with Crippen LogP contribution in [0.2, 0.25) is 0 Å². The molecule has 7 heteroatoms. The lowest BCUT2D eigenvalue weighted by atomic mass is 10.1. The van der Waals surface area contributed by atoms with Gasteiger partial charge >= 0.3 is 0 Å². The van der Waals surface area contributed by atoms with Gasteiger partial charge in [0.15, 0.2) is 0 Å². The maximum absolute atomic E-state index is 12.2. The van der Waals surface area contributed by atoms with Crippen LogP contribution in [0.4, 0.5) is 0 Å². The van der Waals surface area contributed by atoms with Crippen molar-refractivity contribution in [2.75, 3.05) is 0 Å². The summed E-state index contributed by atoms with van der Waals surface area (Å²) in [7, 11) is 0. The topological polar surface area (TPSA) is 76.5 Å². The summed E-state index contributed by atoms with van der Waals surface area (Å²) in [6.07, 6.45) is 7.86. The number of pyridine rings is 2. The second-order valence-electron chi connectivity index (χ2n) is 6.51. The first-order chi connectivity index (χ1) is 14.1. The molecule has 0 N–H and O–H groups in total. The number of hydrogen-bond donors (Lipinski definition) is 0. The van der Waals surface area contributed by atoms with Crippen LogP contribution in [0.15, 0.2) is 82.6 Å². The summed E-state index contributed by atoms with van der Waals surface area (Å²) in [6.45, 7) is 0.631. The molecule has 3 heterocycles. The second kappa shape index (κ2) is 8.25. The molecule has 0 radical (unpaired) electrons. The zero-order chi connectivity index (χ0) is 20.2. The van der Waals surface area contributed by atoms with Gasteiger partial charge in [0.2, 0.25) is 0 Å². The zero-order valence-electron chi connectivity index (χ0n) is 15.4. The minimum absolute atomic E-state index is 0.146. The van der Waals surface area contributed by atoms with Crippen molar-refractivity contribution < 1.29 is 0 Å². The van der Waals surface area contributed by atoms with Crippen molar-refractivity contribution in [1.82, 2.24) is 19.1 Å². The Morgan fingerprint density at radius 1 is 1.00 bits per heavy atom. The van der Waals surface area contributed by atoms with Crippen molar-refractivity contribution in [2.24, 2.45) is 0 Å². The number of benzene rings is 1. The molecule has 0 saturated carbocycles. The largest absolute Gasteiger partial charge is 0.330 e. The third-order valence-corrected chi connectivity index (χ3v) is 5.16. The van der Waals surface area contributed by atoms with Gasteiger partial charge < -0.3 is 4.57 Å². The molecular weight excluding hydrogens is 430 g/mol. The minimum Gasteiger partial charge on any atom is -0.330 e. The van der Waals surface area contributed by atoms with Crippen molar-refractivity contribution >= 4 is 15.9 Å². The number of halogens is 1. The summed E-state index contributed by atoms with van der Waals surface area (Å²) in [5, 5.41) is 8.92. The van der Waals surface area contributed by atoms with Crippen LogP contribution in [0.3, 0.4) is 0 Å².